The molecule has 1 N–H and O–H groups in total. The van der Waals surface area contributed by atoms with Gasteiger partial charge >= 0.3 is 0 Å². The molecule has 0 unspecified atom stereocenters. The van der Waals surface area contributed by atoms with Crippen molar-refractivity contribution in [2.24, 2.45) is 0 Å². The Morgan fingerprint density at radius 3 is 2.35 bits per heavy atom. The molecular weight excluding hydrogens is 331 g/mol. The third-order valence-electron chi connectivity index (χ3n) is 3.22. The minimum Gasteiger partial charge on any atom is -0.387 e. The van der Waals surface area contributed by atoms with Gasteiger partial charge < -0.3 is 14.9 Å². The second kappa shape index (κ2) is 6.32. The summed E-state index contributed by atoms with van der Waals surface area (Å²) < 4.78 is 14.3. The number of carbonyl (C=O) groups is 2. The zero-order chi connectivity index (χ0) is 14.7. The van der Waals surface area contributed by atoms with Crippen LogP contribution in [0.1, 0.15) is 10.4 Å². The molecule has 20 heavy (non-hydrogen) atoms. The first-order valence-electron chi connectivity index (χ1n) is 6.16. The molecule has 0 bridgehead atoms. The molecule has 2 amide bonds. The highest BCUT2D eigenvalue weighted by atomic mass is 79.9. The fourth-order valence-electron chi connectivity index (χ4n) is 2.09. The van der Waals surface area contributed by atoms with Crippen LogP contribution in [0.4, 0.5) is 4.39 Å². The average molecular weight is 345 g/mol. The van der Waals surface area contributed by atoms with Crippen molar-refractivity contribution >= 4 is 27.7 Å². The highest BCUT2D eigenvalue weighted by molar-refractivity contribution is 9.10. The molecule has 1 aromatic carbocycles. The molecule has 7 heteroatoms. The van der Waals surface area contributed by atoms with E-state index in [1.54, 1.807) is 6.07 Å². The lowest BCUT2D eigenvalue weighted by Crippen LogP contribution is -2.51. The van der Waals surface area contributed by atoms with E-state index in [1.807, 2.05) is 0 Å². The van der Waals surface area contributed by atoms with Crippen LogP contribution in [0.25, 0.3) is 0 Å². The summed E-state index contributed by atoms with van der Waals surface area (Å²) in [6.45, 7) is 0.835. The Morgan fingerprint density at radius 1 is 1.20 bits per heavy atom. The molecule has 1 saturated heterocycles. The summed E-state index contributed by atoms with van der Waals surface area (Å²) in [5, 5.41) is 8.78. The standard InChI is InChI=1S/C13H14BrFN2O3/c14-9-1-2-10(11(15)7-9)13(20)17-5-3-16(4-6-17)12(19)8-18/h1-2,7,18H,3-6,8H2. The van der Waals surface area contributed by atoms with Crippen molar-refractivity contribution < 1.29 is 19.1 Å². The number of nitrogens with zero attached hydrogens (tertiary/aromatic N) is 2. The quantitative estimate of drug-likeness (QED) is 0.865. The van der Waals surface area contributed by atoms with E-state index in [1.165, 1.54) is 21.9 Å². The van der Waals surface area contributed by atoms with Gasteiger partial charge in [-0.15, -0.1) is 0 Å². The molecule has 0 saturated carbocycles. The summed E-state index contributed by atoms with van der Waals surface area (Å²) >= 11 is 3.14. The normalized spacial score (nSPS) is 15.3. The van der Waals surface area contributed by atoms with Crippen LogP contribution < -0.4 is 0 Å². The molecular formula is C13H14BrFN2O3. The highest BCUT2D eigenvalue weighted by Crippen LogP contribution is 2.17. The van der Waals surface area contributed by atoms with E-state index in [9.17, 15) is 14.0 Å². The van der Waals surface area contributed by atoms with E-state index in [0.717, 1.165) is 0 Å². The third-order valence-corrected chi connectivity index (χ3v) is 3.71. The third kappa shape index (κ3) is 3.16. The number of halogens is 2. The Balaban J connectivity index is 2.03. The minimum absolute atomic E-state index is 0.0233. The summed E-state index contributed by atoms with van der Waals surface area (Å²) in [5.41, 5.74) is 0.0233. The van der Waals surface area contributed by atoms with Gasteiger partial charge in [-0.3, -0.25) is 9.59 Å². The van der Waals surface area contributed by atoms with Gasteiger partial charge in [-0.2, -0.15) is 0 Å². The number of benzene rings is 1. The Hall–Kier alpha value is -1.47. The van der Waals surface area contributed by atoms with Gasteiger partial charge in [-0.25, -0.2) is 4.39 Å². The first-order valence-corrected chi connectivity index (χ1v) is 6.95. The lowest BCUT2D eigenvalue weighted by atomic mass is 10.1. The van der Waals surface area contributed by atoms with Gasteiger partial charge in [0.05, 0.1) is 5.56 Å². The van der Waals surface area contributed by atoms with Crippen molar-refractivity contribution in [3.63, 3.8) is 0 Å². The van der Waals surface area contributed by atoms with Crippen molar-refractivity contribution in [3.05, 3.63) is 34.1 Å². The van der Waals surface area contributed by atoms with Crippen LogP contribution in [0.15, 0.2) is 22.7 Å². The Labute approximate surface area is 124 Å². The molecule has 1 aliphatic heterocycles. The maximum Gasteiger partial charge on any atom is 0.256 e. The first kappa shape index (κ1) is 14.9. The zero-order valence-electron chi connectivity index (χ0n) is 10.7. The summed E-state index contributed by atoms with van der Waals surface area (Å²) in [5.74, 6) is -1.31. The fraction of sp³-hybridized carbons (Fsp3) is 0.385. The fourth-order valence-corrected chi connectivity index (χ4v) is 2.43. The first-order chi connectivity index (χ1) is 9.52. The number of hydrogen-bond acceptors (Lipinski definition) is 3. The number of aliphatic hydroxyl groups excluding tert-OH is 1. The van der Waals surface area contributed by atoms with Crippen molar-refractivity contribution in [1.82, 2.24) is 9.80 Å². The van der Waals surface area contributed by atoms with E-state index in [-0.39, 0.29) is 17.4 Å². The van der Waals surface area contributed by atoms with Crippen molar-refractivity contribution in [2.45, 2.75) is 0 Å². The topological polar surface area (TPSA) is 60.9 Å². The van der Waals surface area contributed by atoms with Gasteiger partial charge in [-0.1, -0.05) is 15.9 Å². The van der Waals surface area contributed by atoms with Gasteiger partial charge in [0.2, 0.25) is 5.91 Å². The second-order valence-corrected chi connectivity index (χ2v) is 5.37. The van der Waals surface area contributed by atoms with Gasteiger partial charge in [0, 0.05) is 30.7 Å². The molecule has 2 rings (SSSR count). The van der Waals surface area contributed by atoms with E-state index in [4.69, 9.17) is 5.11 Å². The largest absolute Gasteiger partial charge is 0.387 e. The summed E-state index contributed by atoms with van der Waals surface area (Å²) in [6, 6.07) is 4.30. The summed E-state index contributed by atoms with van der Waals surface area (Å²) in [6.07, 6.45) is 0. The molecule has 0 spiro atoms. The molecule has 1 aliphatic rings. The maximum absolute atomic E-state index is 13.7. The number of rotatable bonds is 2. The highest BCUT2D eigenvalue weighted by Gasteiger charge is 2.25. The SMILES string of the molecule is O=C(CO)N1CCN(C(=O)c2ccc(Br)cc2F)CC1. The summed E-state index contributed by atoms with van der Waals surface area (Å²) in [7, 11) is 0. The Kier molecular flexibility index (Phi) is 4.72. The van der Waals surface area contributed by atoms with Crippen LogP contribution in [0.3, 0.4) is 0 Å². The van der Waals surface area contributed by atoms with E-state index in [0.29, 0.717) is 30.7 Å². The predicted octanol–water partition coefficient (Wildman–Crippen LogP) is 0.865. The number of carbonyl (C=O) groups excluding carboxylic acids is 2. The van der Waals surface area contributed by atoms with Gasteiger partial charge in [0.25, 0.3) is 5.91 Å². The molecule has 1 aromatic rings. The second-order valence-electron chi connectivity index (χ2n) is 4.46. The Bertz CT molecular complexity index is 530. The Morgan fingerprint density at radius 2 is 1.80 bits per heavy atom. The van der Waals surface area contributed by atoms with Crippen LogP contribution >= 0.6 is 15.9 Å². The van der Waals surface area contributed by atoms with Gasteiger partial charge in [-0.05, 0) is 18.2 Å². The van der Waals surface area contributed by atoms with Crippen LogP contribution in [-0.4, -0.2) is 59.5 Å². The van der Waals surface area contributed by atoms with E-state index in [2.05, 4.69) is 15.9 Å². The molecule has 5 nitrogen and oxygen atoms in total. The minimum atomic E-state index is -0.571. The summed E-state index contributed by atoms with van der Waals surface area (Å²) in [4.78, 5) is 26.5. The molecule has 1 heterocycles. The smallest absolute Gasteiger partial charge is 0.256 e. The predicted molar refractivity (Wildman–Crippen MR) is 73.7 cm³/mol. The van der Waals surface area contributed by atoms with Crippen LogP contribution in [0.5, 0.6) is 0 Å². The van der Waals surface area contributed by atoms with Crippen LogP contribution in [0.2, 0.25) is 0 Å². The molecule has 1 fully saturated rings. The van der Waals surface area contributed by atoms with E-state index >= 15 is 0 Å². The van der Waals surface area contributed by atoms with Crippen molar-refractivity contribution in [2.75, 3.05) is 32.8 Å². The number of aliphatic hydroxyl groups is 1. The molecule has 0 atom stereocenters. The number of hydrogen-bond donors (Lipinski definition) is 1. The lowest BCUT2D eigenvalue weighted by Gasteiger charge is -2.34. The van der Waals surface area contributed by atoms with Crippen molar-refractivity contribution in [1.29, 1.82) is 0 Å². The lowest BCUT2D eigenvalue weighted by molar-refractivity contribution is -0.135. The molecule has 108 valence electrons. The maximum atomic E-state index is 13.7. The van der Waals surface area contributed by atoms with Gasteiger partial charge in [0.15, 0.2) is 0 Å². The van der Waals surface area contributed by atoms with Gasteiger partial charge in [0.1, 0.15) is 12.4 Å². The molecule has 0 radical (unpaired) electrons. The average Bonchev–Trinajstić information content (AvgIpc) is 2.46. The van der Waals surface area contributed by atoms with Crippen LogP contribution in [-0.2, 0) is 4.79 Å². The molecule has 0 aromatic heterocycles. The number of amides is 2. The van der Waals surface area contributed by atoms with Crippen LogP contribution in [0, 0.1) is 5.82 Å². The molecule has 0 aliphatic carbocycles. The van der Waals surface area contributed by atoms with Crippen molar-refractivity contribution in [3.8, 4) is 0 Å². The van der Waals surface area contributed by atoms with E-state index < -0.39 is 12.4 Å². The zero-order valence-corrected chi connectivity index (χ0v) is 12.3. The number of piperazine rings is 1. The monoisotopic (exact) mass is 344 g/mol.